The van der Waals surface area contributed by atoms with Crippen molar-refractivity contribution in [2.45, 2.75) is 98.1 Å². The van der Waals surface area contributed by atoms with Gasteiger partial charge in [0.05, 0.1) is 0 Å². The number of ether oxygens (including phenoxy) is 1. The van der Waals surface area contributed by atoms with Crippen molar-refractivity contribution in [1.29, 1.82) is 0 Å². The first-order chi connectivity index (χ1) is 11.8. The summed E-state index contributed by atoms with van der Waals surface area (Å²) in [7, 11) is 0. The third kappa shape index (κ3) is 5.23. The van der Waals surface area contributed by atoms with E-state index in [1.165, 1.54) is 64.7 Å². The monoisotopic (exact) mass is 442 g/mol. The molecule has 1 aromatic heterocycles. The maximum absolute atomic E-state index is 6.11. The summed E-state index contributed by atoms with van der Waals surface area (Å²) in [5, 5.41) is 4.77. The van der Waals surface area contributed by atoms with Crippen molar-refractivity contribution >= 4 is 22.1 Å². The first-order valence-corrected chi connectivity index (χ1v) is 17.9. The number of rotatable bonds is 11. The Hall–Kier alpha value is -0.0313. The number of nitrogens with zero attached hydrogens (tertiary/aromatic N) is 2. The second kappa shape index (κ2) is 10.8. The number of unbranched alkanes of at least 4 members (excludes halogenated alkanes) is 3. The van der Waals surface area contributed by atoms with Gasteiger partial charge in [0.1, 0.15) is 0 Å². The van der Waals surface area contributed by atoms with E-state index in [2.05, 4.69) is 37.7 Å². The van der Waals surface area contributed by atoms with Crippen molar-refractivity contribution in [1.82, 2.24) is 9.78 Å². The molecule has 0 spiro atoms. The van der Waals surface area contributed by atoms with Crippen molar-refractivity contribution in [2.24, 2.45) is 0 Å². The zero-order valence-corrected chi connectivity index (χ0v) is 19.1. The summed E-state index contributed by atoms with van der Waals surface area (Å²) in [6.07, 6.45) is 14.1. The predicted octanol–water partition coefficient (Wildman–Crippen LogP) is 5.64. The molecule has 2 heterocycles. The zero-order chi connectivity index (χ0) is 17.3. The van der Waals surface area contributed by atoms with E-state index in [1.54, 1.807) is 3.71 Å². The molecule has 0 bridgehead atoms. The molecule has 1 fully saturated rings. The van der Waals surface area contributed by atoms with Gasteiger partial charge in [-0.15, -0.1) is 0 Å². The summed E-state index contributed by atoms with van der Waals surface area (Å²) < 4.78 is 14.6. The Balaban J connectivity index is 2.31. The average molecular weight is 441 g/mol. The normalized spacial score (nSPS) is 18.9. The standard InChI is InChI=1S/C8H11N2O.3C4H9.Sn/c1-2-7-11-8(4-1)10-6-3-5-9-10;3*1-3-4-2;/h3,5,8H,1-2,4,7H2;3*1,3-4H2,2H3;. The van der Waals surface area contributed by atoms with Crippen LogP contribution in [0, 0.1) is 0 Å². The first-order valence-electron chi connectivity index (χ1n) is 10.4. The van der Waals surface area contributed by atoms with Gasteiger partial charge in [-0.25, -0.2) is 0 Å². The quantitative estimate of drug-likeness (QED) is 0.416. The molecule has 1 aromatic rings. The van der Waals surface area contributed by atoms with Crippen molar-refractivity contribution in [3.05, 3.63) is 12.3 Å². The summed E-state index contributed by atoms with van der Waals surface area (Å²) in [4.78, 5) is 0. The second-order valence-electron chi connectivity index (χ2n) is 7.57. The van der Waals surface area contributed by atoms with Gasteiger partial charge in [-0.05, 0) is 0 Å². The van der Waals surface area contributed by atoms with E-state index in [4.69, 9.17) is 9.84 Å². The molecular weight excluding hydrogens is 403 g/mol. The van der Waals surface area contributed by atoms with E-state index >= 15 is 0 Å². The van der Waals surface area contributed by atoms with Gasteiger partial charge < -0.3 is 0 Å². The Labute approximate surface area is 153 Å². The summed E-state index contributed by atoms with van der Waals surface area (Å²) in [6.45, 7) is 7.94. The van der Waals surface area contributed by atoms with Crippen LogP contribution < -0.4 is 3.71 Å². The van der Waals surface area contributed by atoms with Crippen molar-refractivity contribution in [3.63, 3.8) is 0 Å². The Morgan fingerprint density at radius 1 is 1.04 bits per heavy atom. The maximum atomic E-state index is 6.11. The Morgan fingerprint density at radius 2 is 1.67 bits per heavy atom. The molecule has 1 aliphatic rings. The van der Waals surface area contributed by atoms with Crippen LogP contribution in [-0.4, -0.2) is 34.8 Å². The Kier molecular flexibility index (Phi) is 9.17. The van der Waals surface area contributed by atoms with Gasteiger partial charge in [-0.3, -0.25) is 0 Å². The molecule has 1 saturated heterocycles. The number of hydrogen-bond donors (Lipinski definition) is 0. The molecule has 4 heteroatoms. The van der Waals surface area contributed by atoms with E-state index in [-0.39, 0.29) is 6.23 Å². The molecule has 0 aliphatic carbocycles. The van der Waals surface area contributed by atoms with Crippen LogP contribution in [0.2, 0.25) is 13.3 Å². The molecule has 0 N–H and O–H groups in total. The zero-order valence-electron chi connectivity index (χ0n) is 16.2. The third-order valence-corrected chi connectivity index (χ3v) is 21.1. The molecule has 1 aliphatic heterocycles. The average Bonchev–Trinajstić information content (AvgIpc) is 3.12. The fourth-order valence-electron chi connectivity index (χ4n) is 4.18. The van der Waals surface area contributed by atoms with Crippen LogP contribution in [0.1, 0.15) is 84.8 Å². The second-order valence-corrected chi connectivity index (χ2v) is 20.6. The summed E-state index contributed by atoms with van der Waals surface area (Å²) in [5.74, 6) is 0. The number of hydrogen-bond acceptors (Lipinski definition) is 2. The molecule has 138 valence electrons. The molecule has 24 heavy (non-hydrogen) atoms. The SMILES string of the molecule is CCC[CH2][Sn]([CH2]CCC)([CH2]CCC)[c]1ccnn1C1CCCCO1. The topological polar surface area (TPSA) is 27.1 Å². The predicted molar refractivity (Wildman–Crippen MR) is 106 cm³/mol. The van der Waals surface area contributed by atoms with E-state index in [0.29, 0.717) is 0 Å². The Morgan fingerprint density at radius 3 is 2.17 bits per heavy atom. The van der Waals surface area contributed by atoms with E-state index in [1.807, 2.05) is 0 Å². The molecular formula is C20H38N2OSn. The van der Waals surface area contributed by atoms with Gasteiger partial charge in [0.2, 0.25) is 0 Å². The third-order valence-electron chi connectivity index (χ3n) is 5.67. The van der Waals surface area contributed by atoms with Crippen LogP contribution in [0.25, 0.3) is 0 Å². The van der Waals surface area contributed by atoms with Gasteiger partial charge in [-0.2, -0.15) is 0 Å². The molecule has 0 aromatic carbocycles. The summed E-state index contributed by atoms with van der Waals surface area (Å²) >= 11 is -2.40. The van der Waals surface area contributed by atoms with Crippen LogP contribution in [-0.2, 0) is 4.74 Å². The van der Waals surface area contributed by atoms with Crippen molar-refractivity contribution in [3.8, 4) is 0 Å². The molecule has 1 unspecified atom stereocenters. The van der Waals surface area contributed by atoms with Crippen LogP contribution in [0.3, 0.4) is 0 Å². The molecule has 1 atom stereocenters. The van der Waals surface area contributed by atoms with Gasteiger partial charge in [-0.1, -0.05) is 0 Å². The van der Waals surface area contributed by atoms with Crippen LogP contribution >= 0.6 is 0 Å². The van der Waals surface area contributed by atoms with Gasteiger partial charge in [0.25, 0.3) is 0 Å². The van der Waals surface area contributed by atoms with E-state index in [9.17, 15) is 0 Å². The van der Waals surface area contributed by atoms with Crippen LogP contribution in [0.4, 0.5) is 0 Å². The molecule has 0 radical (unpaired) electrons. The van der Waals surface area contributed by atoms with E-state index < -0.39 is 18.4 Å². The van der Waals surface area contributed by atoms with Crippen molar-refractivity contribution < 1.29 is 4.74 Å². The van der Waals surface area contributed by atoms with Crippen LogP contribution in [0.15, 0.2) is 12.3 Å². The van der Waals surface area contributed by atoms with E-state index in [0.717, 1.165) is 13.0 Å². The molecule has 0 amide bonds. The van der Waals surface area contributed by atoms with Gasteiger partial charge >= 0.3 is 154 Å². The molecule has 2 rings (SSSR count). The van der Waals surface area contributed by atoms with Gasteiger partial charge in [0, 0.05) is 0 Å². The summed E-state index contributed by atoms with van der Waals surface area (Å²) in [6, 6.07) is 2.38. The van der Waals surface area contributed by atoms with Gasteiger partial charge in [0.15, 0.2) is 0 Å². The minimum atomic E-state index is -2.40. The number of aromatic nitrogens is 2. The van der Waals surface area contributed by atoms with Crippen molar-refractivity contribution in [2.75, 3.05) is 6.61 Å². The summed E-state index contributed by atoms with van der Waals surface area (Å²) in [5.41, 5.74) is 0. The fourth-order valence-corrected chi connectivity index (χ4v) is 20.5. The minimum absolute atomic E-state index is 0.213. The fraction of sp³-hybridized carbons (Fsp3) is 0.850. The Bertz CT molecular complexity index is 432. The first kappa shape index (κ1) is 20.3. The molecule has 3 nitrogen and oxygen atoms in total. The molecule has 0 saturated carbocycles. The van der Waals surface area contributed by atoms with Crippen LogP contribution in [0.5, 0.6) is 0 Å².